The summed E-state index contributed by atoms with van der Waals surface area (Å²) in [6.45, 7) is 4.25. The second kappa shape index (κ2) is 6.09. The number of nitriles is 1. The topological polar surface area (TPSA) is 52.9 Å². The summed E-state index contributed by atoms with van der Waals surface area (Å²) in [6.07, 6.45) is 4.41. The van der Waals surface area contributed by atoms with Gasteiger partial charge in [-0.15, -0.1) is 0 Å². The predicted octanol–water partition coefficient (Wildman–Crippen LogP) is 4.22. The summed E-state index contributed by atoms with van der Waals surface area (Å²) < 4.78 is 0. The average molecular weight is 270 g/mol. The van der Waals surface area contributed by atoms with Crippen LogP contribution in [0.4, 0.5) is 5.69 Å². The summed E-state index contributed by atoms with van der Waals surface area (Å²) in [6, 6.07) is 10.2. The van der Waals surface area contributed by atoms with Crippen LogP contribution < -0.4 is 5.32 Å². The maximum atomic E-state index is 12.5. The Morgan fingerprint density at radius 3 is 2.60 bits per heavy atom. The highest BCUT2D eigenvalue weighted by Gasteiger charge is 2.39. The second-order valence-electron chi connectivity index (χ2n) is 5.99. The number of benzene rings is 1. The van der Waals surface area contributed by atoms with Crippen LogP contribution in [-0.2, 0) is 4.79 Å². The van der Waals surface area contributed by atoms with E-state index in [4.69, 9.17) is 0 Å². The standard InChI is InChI=1S/C17H22N2O/c1-13(2)14-7-6-8-15(11-14)19-16(20)17(12-18)9-4-3-5-10-17/h6-8,11,13H,3-5,9-10H2,1-2H3,(H,19,20). The van der Waals surface area contributed by atoms with Gasteiger partial charge in [0.1, 0.15) is 5.41 Å². The summed E-state index contributed by atoms with van der Waals surface area (Å²) in [7, 11) is 0. The predicted molar refractivity (Wildman–Crippen MR) is 80.3 cm³/mol. The number of anilines is 1. The molecule has 1 aromatic carbocycles. The largest absolute Gasteiger partial charge is 0.325 e. The zero-order valence-electron chi connectivity index (χ0n) is 12.3. The van der Waals surface area contributed by atoms with E-state index in [2.05, 4.69) is 31.3 Å². The van der Waals surface area contributed by atoms with Gasteiger partial charge in [-0.1, -0.05) is 45.2 Å². The van der Waals surface area contributed by atoms with Crippen molar-refractivity contribution in [1.29, 1.82) is 5.26 Å². The van der Waals surface area contributed by atoms with Crippen molar-refractivity contribution in [3.8, 4) is 6.07 Å². The van der Waals surface area contributed by atoms with Crippen LogP contribution in [-0.4, -0.2) is 5.91 Å². The molecule has 0 aliphatic heterocycles. The highest BCUT2D eigenvalue weighted by molar-refractivity contribution is 5.97. The molecule has 1 saturated carbocycles. The van der Waals surface area contributed by atoms with Crippen molar-refractivity contribution in [2.45, 2.75) is 51.9 Å². The third-order valence-electron chi connectivity index (χ3n) is 4.17. The Morgan fingerprint density at radius 1 is 1.30 bits per heavy atom. The van der Waals surface area contributed by atoms with Gasteiger partial charge in [0.05, 0.1) is 6.07 Å². The Labute approximate surface area is 121 Å². The van der Waals surface area contributed by atoms with Crippen LogP contribution in [0.3, 0.4) is 0 Å². The monoisotopic (exact) mass is 270 g/mol. The first-order valence-electron chi connectivity index (χ1n) is 7.40. The van der Waals surface area contributed by atoms with Crippen molar-refractivity contribution >= 4 is 11.6 Å². The van der Waals surface area contributed by atoms with Crippen molar-refractivity contribution in [3.63, 3.8) is 0 Å². The lowest BCUT2D eigenvalue weighted by Crippen LogP contribution is -2.36. The van der Waals surface area contributed by atoms with E-state index in [1.165, 1.54) is 5.56 Å². The van der Waals surface area contributed by atoms with Gasteiger partial charge >= 0.3 is 0 Å². The average Bonchev–Trinajstić information content (AvgIpc) is 2.48. The summed E-state index contributed by atoms with van der Waals surface area (Å²) in [5.41, 5.74) is 1.16. The van der Waals surface area contributed by atoms with Crippen molar-refractivity contribution in [2.24, 2.45) is 5.41 Å². The zero-order valence-corrected chi connectivity index (χ0v) is 12.3. The van der Waals surface area contributed by atoms with Gasteiger partial charge in [-0.3, -0.25) is 4.79 Å². The number of carbonyl (C=O) groups excluding carboxylic acids is 1. The fraction of sp³-hybridized carbons (Fsp3) is 0.529. The molecule has 0 spiro atoms. The first-order valence-corrected chi connectivity index (χ1v) is 7.40. The van der Waals surface area contributed by atoms with Crippen LogP contribution in [0.5, 0.6) is 0 Å². The Balaban J connectivity index is 2.14. The van der Waals surface area contributed by atoms with Crippen LogP contribution >= 0.6 is 0 Å². The molecular weight excluding hydrogens is 248 g/mol. The molecule has 0 radical (unpaired) electrons. The summed E-state index contributed by atoms with van der Waals surface area (Å²) in [5, 5.41) is 12.4. The molecule has 1 aromatic rings. The van der Waals surface area contributed by atoms with Crippen LogP contribution in [0, 0.1) is 16.7 Å². The van der Waals surface area contributed by atoms with Crippen LogP contribution in [0.25, 0.3) is 0 Å². The van der Waals surface area contributed by atoms with Crippen molar-refractivity contribution in [2.75, 3.05) is 5.32 Å². The number of carbonyl (C=O) groups is 1. The van der Waals surface area contributed by atoms with Crippen LogP contribution in [0.2, 0.25) is 0 Å². The van der Waals surface area contributed by atoms with Crippen molar-refractivity contribution in [1.82, 2.24) is 0 Å². The van der Waals surface area contributed by atoms with Crippen molar-refractivity contribution < 1.29 is 4.79 Å². The molecule has 2 rings (SSSR count). The number of hydrogen-bond donors (Lipinski definition) is 1. The highest BCUT2D eigenvalue weighted by atomic mass is 16.2. The van der Waals surface area contributed by atoms with Crippen LogP contribution in [0.1, 0.15) is 57.4 Å². The molecule has 1 aliphatic rings. The molecule has 0 bridgehead atoms. The van der Waals surface area contributed by atoms with E-state index in [1.807, 2.05) is 18.2 Å². The van der Waals surface area contributed by atoms with Gasteiger partial charge in [-0.2, -0.15) is 5.26 Å². The number of amides is 1. The third kappa shape index (κ3) is 3.01. The molecule has 3 heteroatoms. The minimum atomic E-state index is -0.827. The quantitative estimate of drug-likeness (QED) is 0.893. The normalized spacial score (nSPS) is 17.5. The Kier molecular flexibility index (Phi) is 4.44. The summed E-state index contributed by atoms with van der Waals surface area (Å²) >= 11 is 0. The lowest BCUT2D eigenvalue weighted by molar-refractivity contribution is -0.124. The van der Waals surface area contributed by atoms with Gasteiger partial charge in [-0.05, 0) is 36.5 Å². The molecule has 0 saturated heterocycles. The summed E-state index contributed by atoms with van der Waals surface area (Å²) in [5.74, 6) is 0.284. The van der Waals surface area contributed by atoms with E-state index in [-0.39, 0.29) is 5.91 Å². The van der Waals surface area contributed by atoms with Gasteiger partial charge < -0.3 is 5.32 Å². The molecule has 106 valence electrons. The van der Waals surface area contributed by atoms with Crippen LogP contribution in [0.15, 0.2) is 24.3 Å². The van der Waals surface area contributed by atoms with Gasteiger partial charge in [0.2, 0.25) is 5.91 Å². The Hall–Kier alpha value is -1.82. The van der Waals surface area contributed by atoms with Gasteiger partial charge in [0.15, 0.2) is 0 Å². The number of nitrogens with zero attached hydrogens (tertiary/aromatic N) is 1. The Bertz CT molecular complexity index is 522. The molecule has 1 N–H and O–H groups in total. The smallest absolute Gasteiger partial charge is 0.244 e. The minimum absolute atomic E-state index is 0.138. The minimum Gasteiger partial charge on any atom is -0.325 e. The van der Waals surface area contributed by atoms with Gasteiger partial charge in [0, 0.05) is 5.69 Å². The molecule has 1 aliphatic carbocycles. The zero-order chi connectivity index (χ0) is 14.6. The maximum Gasteiger partial charge on any atom is 0.244 e. The second-order valence-corrected chi connectivity index (χ2v) is 5.99. The van der Waals surface area contributed by atoms with Crippen molar-refractivity contribution in [3.05, 3.63) is 29.8 Å². The molecule has 1 fully saturated rings. The maximum absolute atomic E-state index is 12.5. The Morgan fingerprint density at radius 2 is 2.00 bits per heavy atom. The molecule has 0 heterocycles. The first-order chi connectivity index (χ1) is 9.57. The van der Waals surface area contributed by atoms with E-state index >= 15 is 0 Å². The van der Waals surface area contributed by atoms with Gasteiger partial charge in [0.25, 0.3) is 0 Å². The van der Waals surface area contributed by atoms with E-state index in [1.54, 1.807) is 0 Å². The molecule has 20 heavy (non-hydrogen) atoms. The molecule has 1 amide bonds. The summed E-state index contributed by atoms with van der Waals surface area (Å²) in [4.78, 5) is 12.5. The fourth-order valence-electron chi connectivity index (χ4n) is 2.77. The lowest BCUT2D eigenvalue weighted by atomic mass is 9.74. The fourth-order valence-corrected chi connectivity index (χ4v) is 2.77. The van der Waals surface area contributed by atoms with Gasteiger partial charge in [-0.25, -0.2) is 0 Å². The molecule has 0 atom stereocenters. The van der Waals surface area contributed by atoms with E-state index < -0.39 is 5.41 Å². The van der Waals surface area contributed by atoms with E-state index in [9.17, 15) is 10.1 Å². The molecular formula is C17H22N2O. The van der Waals surface area contributed by atoms with E-state index in [0.29, 0.717) is 18.8 Å². The third-order valence-corrected chi connectivity index (χ3v) is 4.17. The molecule has 0 unspecified atom stereocenters. The molecule has 0 aromatic heterocycles. The van der Waals surface area contributed by atoms with E-state index in [0.717, 1.165) is 24.9 Å². The molecule has 3 nitrogen and oxygen atoms in total. The lowest BCUT2D eigenvalue weighted by Gasteiger charge is -2.29. The first kappa shape index (κ1) is 14.6. The number of hydrogen-bond acceptors (Lipinski definition) is 2. The SMILES string of the molecule is CC(C)c1cccc(NC(=O)C2(C#N)CCCCC2)c1. The highest BCUT2D eigenvalue weighted by Crippen LogP contribution is 2.36. The number of nitrogens with one attached hydrogen (secondary N) is 1. The number of rotatable bonds is 3.